The summed E-state index contributed by atoms with van der Waals surface area (Å²) in [5.74, 6) is 0. The highest BCUT2D eigenvalue weighted by molar-refractivity contribution is 6.28. The van der Waals surface area contributed by atoms with Gasteiger partial charge in [0.1, 0.15) is 7.05 Å². The van der Waals surface area contributed by atoms with Gasteiger partial charge >= 0.3 is 0 Å². The maximum absolute atomic E-state index is 7.79. The predicted molar refractivity (Wildman–Crippen MR) is 143 cm³/mol. The van der Waals surface area contributed by atoms with Crippen molar-refractivity contribution in [3.05, 3.63) is 81.8 Å². The van der Waals surface area contributed by atoms with Gasteiger partial charge in [0.15, 0.2) is 6.20 Å². The Kier molecular flexibility index (Phi) is 4.13. The van der Waals surface area contributed by atoms with Gasteiger partial charge in [-0.1, -0.05) is 24.3 Å². The average molecular weight is 445 g/mol. The second kappa shape index (κ2) is 6.70. The fourth-order valence-electron chi connectivity index (χ4n) is 6.18. The topological polar surface area (TPSA) is 12.7 Å². The van der Waals surface area contributed by atoms with Crippen LogP contribution in [0.25, 0.3) is 53.8 Å². The molecule has 0 amide bonds. The van der Waals surface area contributed by atoms with Crippen molar-refractivity contribution >= 4 is 49.0 Å². The lowest BCUT2D eigenvalue weighted by molar-refractivity contribution is -0.643. The van der Waals surface area contributed by atoms with E-state index in [1.54, 1.807) is 0 Å². The number of aromatic nitrogens is 2. The fourth-order valence-corrected chi connectivity index (χ4v) is 6.18. The fraction of sp³-hybridized carbons (Fsp3) is 0.290. The molecule has 0 unspecified atom stereocenters. The quantitative estimate of drug-likeness (QED) is 0.115. The van der Waals surface area contributed by atoms with E-state index in [1.807, 2.05) is 13.8 Å². The van der Waals surface area contributed by atoms with Crippen LogP contribution in [0.5, 0.6) is 0 Å². The van der Waals surface area contributed by atoms with Crippen molar-refractivity contribution in [3.63, 3.8) is 0 Å². The molecule has 0 aliphatic rings. The van der Waals surface area contributed by atoms with Crippen molar-refractivity contribution in [2.75, 3.05) is 0 Å². The first-order chi connectivity index (χ1) is 16.1. The molecule has 0 bridgehead atoms. The van der Waals surface area contributed by atoms with Crippen molar-refractivity contribution in [2.45, 2.75) is 53.5 Å². The third-order valence-electron chi connectivity index (χ3n) is 7.83. The molecule has 3 heterocycles. The minimum atomic E-state index is -0.452. The smallest absolute Gasteiger partial charge is 0.231 e. The molecule has 6 rings (SSSR count). The first kappa shape index (κ1) is 20.9. The third kappa shape index (κ3) is 2.54. The number of hydrogen-bond acceptors (Lipinski definition) is 0. The molecule has 0 saturated carbocycles. The molecule has 3 aromatic carbocycles. The van der Waals surface area contributed by atoms with Crippen LogP contribution in [0.4, 0.5) is 0 Å². The zero-order valence-electron chi connectivity index (χ0n) is 21.1. The highest BCUT2D eigenvalue weighted by Gasteiger charge is 2.30. The van der Waals surface area contributed by atoms with E-state index in [-0.39, 0.29) is 0 Å². The van der Waals surface area contributed by atoms with Crippen LogP contribution >= 0.6 is 0 Å². The molecule has 34 heavy (non-hydrogen) atoms. The van der Waals surface area contributed by atoms with Crippen LogP contribution in [-0.4, -0.2) is 9.94 Å². The van der Waals surface area contributed by atoms with Crippen LogP contribution in [0.3, 0.4) is 0 Å². The highest BCUT2D eigenvalue weighted by atomic mass is 15.0. The number of aryl methyl sites for hydroxylation is 5. The molecular weight excluding hydrogens is 414 g/mol. The SMILES string of the molecule is [C-]#[N+]C(C)(C)Cc1cc2cc[n+](C)c3c4c(C)c(C)cc(C)c4n4c5c(C)cccc5c1c4c23. The Balaban J connectivity index is 2.05. The zero-order valence-corrected chi connectivity index (χ0v) is 21.1. The Hall–Kier alpha value is -3.64. The summed E-state index contributed by atoms with van der Waals surface area (Å²) in [6.07, 6.45) is 2.92. The van der Waals surface area contributed by atoms with E-state index >= 15 is 0 Å². The summed E-state index contributed by atoms with van der Waals surface area (Å²) in [5, 5.41) is 6.51. The molecule has 0 N–H and O–H groups in total. The molecule has 0 saturated heterocycles. The van der Waals surface area contributed by atoms with E-state index in [4.69, 9.17) is 6.57 Å². The predicted octanol–water partition coefficient (Wildman–Crippen LogP) is 7.29. The second-order valence-corrected chi connectivity index (χ2v) is 10.8. The monoisotopic (exact) mass is 444 g/mol. The van der Waals surface area contributed by atoms with Gasteiger partial charge in [0.2, 0.25) is 11.1 Å². The maximum Gasteiger partial charge on any atom is 0.231 e. The molecule has 0 atom stereocenters. The molecule has 3 heteroatoms. The molecule has 168 valence electrons. The highest BCUT2D eigenvalue weighted by Crippen LogP contribution is 2.45. The Morgan fingerprint density at radius 2 is 1.65 bits per heavy atom. The Morgan fingerprint density at radius 1 is 0.882 bits per heavy atom. The second-order valence-electron chi connectivity index (χ2n) is 10.8. The van der Waals surface area contributed by atoms with Gasteiger partial charge in [0, 0.05) is 30.7 Å². The van der Waals surface area contributed by atoms with Gasteiger partial charge in [-0.15, -0.1) is 0 Å². The first-order valence-electron chi connectivity index (χ1n) is 12.0. The summed E-state index contributed by atoms with van der Waals surface area (Å²) < 4.78 is 4.84. The molecular formula is C31H30N3+. The van der Waals surface area contributed by atoms with Crippen molar-refractivity contribution in [3.8, 4) is 0 Å². The number of benzene rings is 3. The van der Waals surface area contributed by atoms with Gasteiger partial charge < -0.3 is 9.25 Å². The number of para-hydroxylation sites is 1. The lowest BCUT2D eigenvalue weighted by Crippen LogP contribution is -2.29. The number of pyridine rings is 2. The van der Waals surface area contributed by atoms with E-state index in [0.29, 0.717) is 0 Å². The van der Waals surface area contributed by atoms with Crippen LogP contribution in [0.2, 0.25) is 0 Å². The van der Waals surface area contributed by atoms with E-state index in [2.05, 4.69) is 91.2 Å². The van der Waals surface area contributed by atoms with Crippen molar-refractivity contribution in [1.29, 1.82) is 0 Å². The van der Waals surface area contributed by atoms with Crippen LogP contribution < -0.4 is 4.57 Å². The van der Waals surface area contributed by atoms with Gasteiger partial charge in [-0.2, -0.15) is 0 Å². The molecule has 0 radical (unpaired) electrons. The maximum atomic E-state index is 7.79. The summed E-state index contributed by atoms with van der Waals surface area (Å²) >= 11 is 0. The molecule has 0 aliphatic heterocycles. The molecule has 6 aromatic rings. The number of hydrogen-bond donors (Lipinski definition) is 0. The number of rotatable bonds is 2. The van der Waals surface area contributed by atoms with Gasteiger partial charge in [-0.3, -0.25) is 0 Å². The van der Waals surface area contributed by atoms with E-state index in [1.165, 1.54) is 76.8 Å². The van der Waals surface area contributed by atoms with Crippen molar-refractivity contribution in [2.24, 2.45) is 7.05 Å². The average Bonchev–Trinajstić information content (AvgIpc) is 3.14. The normalized spacial score (nSPS) is 12.6. The number of fused-ring (bicyclic) bond motifs is 6. The van der Waals surface area contributed by atoms with E-state index < -0.39 is 5.54 Å². The van der Waals surface area contributed by atoms with Crippen molar-refractivity contribution < 1.29 is 4.57 Å². The number of nitrogens with zero attached hydrogens (tertiary/aromatic N) is 3. The van der Waals surface area contributed by atoms with Crippen molar-refractivity contribution in [1.82, 2.24) is 4.40 Å². The zero-order chi connectivity index (χ0) is 24.1. The molecule has 0 aliphatic carbocycles. The summed E-state index contributed by atoms with van der Waals surface area (Å²) in [6, 6.07) is 13.6. The Morgan fingerprint density at radius 3 is 2.38 bits per heavy atom. The van der Waals surface area contributed by atoms with E-state index in [0.717, 1.165) is 6.42 Å². The van der Waals surface area contributed by atoms with E-state index in [9.17, 15) is 0 Å². The summed E-state index contributed by atoms with van der Waals surface area (Å²) in [4.78, 5) is 3.96. The Bertz CT molecular complexity index is 1860. The van der Waals surface area contributed by atoms with Gasteiger partial charge in [0.05, 0.1) is 33.7 Å². The Labute approximate surface area is 200 Å². The molecule has 3 nitrogen and oxygen atoms in total. The molecule has 0 spiro atoms. The summed E-state index contributed by atoms with van der Waals surface area (Å²) in [6.45, 7) is 20.8. The first-order valence-corrected chi connectivity index (χ1v) is 12.0. The van der Waals surface area contributed by atoms with Crippen LogP contribution in [0.1, 0.15) is 41.7 Å². The van der Waals surface area contributed by atoms with Gasteiger partial charge in [-0.25, -0.2) is 11.1 Å². The summed E-state index contributed by atoms with van der Waals surface area (Å²) in [7, 11) is 2.17. The molecule has 0 fully saturated rings. The third-order valence-corrected chi connectivity index (χ3v) is 7.83. The van der Waals surface area contributed by atoms with Crippen LogP contribution in [-0.2, 0) is 13.5 Å². The van der Waals surface area contributed by atoms with Crippen LogP contribution in [0, 0.1) is 34.3 Å². The van der Waals surface area contributed by atoms with Crippen LogP contribution in [0.15, 0.2) is 42.6 Å². The van der Waals surface area contributed by atoms with Gasteiger partial charge in [-0.05, 0) is 67.0 Å². The largest absolute Gasteiger partial charge is 0.311 e. The minimum Gasteiger partial charge on any atom is -0.311 e. The lowest BCUT2D eigenvalue weighted by Gasteiger charge is -2.18. The standard InChI is InChI=1S/C31H30N3/c1-17-10-9-11-23-25-22(16-31(5,6)32-7)15-21-12-13-33(8)29-24-20(4)18(2)14-19(3)28(24)34(27(17)23)30(25)26(21)29/h9-15H,16H2,1-6,8H3/q+1. The molecule has 3 aromatic heterocycles. The summed E-state index contributed by atoms with van der Waals surface area (Å²) in [5.41, 5.74) is 11.3. The lowest BCUT2D eigenvalue weighted by atomic mass is 9.89. The van der Waals surface area contributed by atoms with Gasteiger partial charge in [0.25, 0.3) is 0 Å². The minimum absolute atomic E-state index is 0.452.